The summed E-state index contributed by atoms with van der Waals surface area (Å²) in [6.07, 6.45) is 8.65. The Morgan fingerprint density at radius 1 is 1.03 bits per heavy atom. The number of carboxylic acids is 1. The number of hydrogen-bond donors (Lipinski definition) is 2. The van der Waals surface area contributed by atoms with Gasteiger partial charge in [0, 0.05) is 35.0 Å². The Morgan fingerprint density at radius 2 is 1.86 bits per heavy atom. The molecular formula is C29H34N2O4. The average molecular weight is 475 g/mol. The molecule has 2 aliphatic rings. The molecule has 2 aromatic carbocycles. The molecule has 0 saturated heterocycles. The molecule has 1 saturated carbocycles. The van der Waals surface area contributed by atoms with E-state index in [4.69, 9.17) is 9.84 Å². The minimum absolute atomic E-state index is 0.0785. The van der Waals surface area contributed by atoms with Crippen LogP contribution >= 0.6 is 0 Å². The molecule has 2 heterocycles. The number of hydrogen-bond acceptors (Lipinski definition) is 3. The molecule has 1 aliphatic heterocycles. The number of nitrogens with one attached hydrogen (secondary N) is 1. The SMILES string of the molecule is O=C(O)CCCCCNC(=O)c1ccc2c(C3CCCCC3)c3n(c2c1)CCOc1ccccc1-3. The van der Waals surface area contributed by atoms with E-state index in [-0.39, 0.29) is 12.3 Å². The van der Waals surface area contributed by atoms with Crippen molar-refractivity contribution >= 4 is 22.8 Å². The Hall–Kier alpha value is -3.28. The molecule has 0 radical (unpaired) electrons. The quantitative estimate of drug-likeness (QED) is 0.385. The van der Waals surface area contributed by atoms with Gasteiger partial charge >= 0.3 is 5.97 Å². The highest BCUT2D eigenvalue weighted by Crippen LogP contribution is 2.47. The van der Waals surface area contributed by atoms with E-state index in [0.717, 1.165) is 36.2 Å². The average Bonchev–Trinajstić information content (AvgIpc) is 3.07. The lowest BCUT2D eigenvalue weighted by atomic mass is 9.81. The molecule has 2 N–H and O–H groups in total. The highest BCUT2D eigenvalue weighted by atomic mass is 16.5. The van der Waals surface area contributed by atoms with Gasteiger partial charge in [-0.2, -0.15) is 0 Å². The van der Waals surface area contributed by atoms with E-state index in [2.05, 4.69) is 34.1 Å². The number of unbranched alkanes of at least 4 members (excludes halogenated alkanes) is 2. The first-order chi connectivity index (χ1) is 17.1. The number of amides is 1. The van der Waals surface area contributed by atoms with Crippen molar-refractivity contribution in [3.63, 3.8) is 0 Å². The summed E-state index contributed by atoms with van der Waals surface area (Å²) in [5, 5.41) is 13.0. The van der Waals surface area contributed by atoms with Crippen LogP contribution in [0.4, 0.5) is 0 Å². The van der Waals surface area contributed by atoms with Crippen molar-refractivity contribution < 1.29 is 19.4 Å². The zero-order valence-corrected chi connectivity index (χ0v) is 20.2. The second-order valence-corrected chi connectivity index (χ2v) is 9.79. The number of fused-ring (bicyclic) bond motifs is 5. The van der Waals surface area contributed by atoms with Crippen LogP contribution in [-0.2, 0) is 11.3 Å². The van der Waals surface area contributed by atoms with Gasteiger partial charge in [-0.3, -0.25) is 9.59 Å². The zero-order valence-electron chi connectivity index (χ0n) is 20.2. The molecule has 0 bridgehead atoms. The van der Waals surface area contributed by atoms with Gasteiger partial charge in [-0.25, -0.2) is 0 Å². The molecule has 0 atom stereocenters. The Bertz CT molecular complexity index is 1220. The Labute approximate surface area is 206 Å². The second-order valence-electron chi connectivity index (χ2n) is 9.79. The molecule has 35 heavy (non-hydrogen) atoms. The molecule has 0 spiro atoms. The summed E-state index contributed by atoms with van der Waals surface area (Å²) >= 11 is 0. The number of ether oxygens (including phenoxy) is 1. The largest absolute Gasteiger partial charge is 0.491 e. The van der Waals surface area contributed by atoms with Gasteiger partial charge in [0.25, 0.3) is 5.91 Å². The van der Waals surface area contributed by atoms with Crippen LogP contribution in [0.15, 0.2) is 42.5 Å². The van der Waals surface area contributed by atoms with E-state index in [1.165, 1.54) is 48.7 Å². The Morgan fingerprint density at radius 3 is 2.69 bits per heavy atom. The molecular weight excluding hydrogens is 440 g/mol. The molecule has 1 aromatic heterocycles. The zero-order chi connectivity index (χ0) is 24.2. The van der Waals surface area contributed by atoms with Gasteiger partial charge in [0.05, 0.1) is 12.2 Å². The van der Waals surface area contributed by atoms with Crippen LogP contribution in [0, 0.1) is 0 Å². The second kappa shape index (κ2) is 10.5. The normalized spacial score (nSPS) is 15.7. The number of rotatable bonds is 8. The third kappa shape index (κ3) is 4.93. The van der Waals surface area contributed by atoms with Crippen LogP contribution in [0.1, 0.15) is 79.6 Å². The van der Waals surface area contributed by atoms with Gasteiger partial charge in [0.2, 0.25) is 0 Å². The first kappa shape index (κ1) is 23.5. The molecule has 5 rings (SSSR count). The minimum Gasteiger partial charge on any atom is -0.491 e. The third-order valence-electron chi connectivity index (χ3n) is 7.45. The van der Waals surface area contributed by atoms with Crippen molar-refractivity contribution in [2.24, 2.45) is 0 Å². The summed E-state index contributed by atoms with van der Waals surface area (Å²) < 4.78 is 8.49. The van der Waals surface area contributed by atoms with Gasteiger partial charge in [-0.05, 0) is 61.4 Å². The number of aliphatic carboxylic acids is 1. The molecule has 0 unspecified atom stereocenters. The monoisotopic (exact) mass is 474 g/mol. The van der Waals surface area contributed by atoms with E-state index in [1.54, 1.807) is 0 Å². The maximum atomic E-state index is 12.9. The molecule has 184 valence electrons. The topological polar surface area (TPSA) is 80.6 Å². The molecule has 1 amide bonds. The van der Waals surface area contributed by atoms with E-state index >= 15 is 0 Å². The molecule has 1 aliphatic carbocycles. The number of carboxylic acid groups (broad SMARTS) is 1. The van der Waals surface area contributed by atoms with Crippen molar-refractivity contribution in [3.05, 3.63) is 53.6 Å². The lowest BCUT2D eigenvalue weighted by Crippen LogP contribution is -2.24. The maximum Gasteiger partial charge on any atom is 0.303 e. The fraction of sp³-hybridized carbons (Fsp3) is 0.448. The lowest BCUT2D eigenvalue weighted by Gasteiger charge is -2.23. The first-order valence-corrected chi connectivity index (χ1v) is 13.0. The summed E-state index contributed by atoms with van der Waals surface area (Å²) in [7, 11) is 0. The highest BCUT2D eigenvalue weighted by Gasteiger charge is 2.29. The molecule has 6 heteroatoms. The molecule has 6 nitrogen and oxygen atoms in total. The summed E-state index contributed by atoms with van der Waals surface area (Å²) in [6.45, 7) is 1.91. The van der Waals surface area contributed by atoms with Gasteiger partial charge in [-0.15, -0.1) is 0 Å². The molecule has 3 aromatic rings. The van der Waals surface area contributed by atoms with E-state index in [1.807, 2.05) is 18.2 Å². The van der Waals surface area contributed by atoms with Gasteiger partial charge in [0.15, 0.2) is 0 Å². The predicted molar refractivity (Wildman–Crippen MR) is 137 cm³/mol. The van der Waals surface area contributed by atoms with Crippen molar-refractivity contribution in [1.82, 2.24) is 9.88 Å². The van der Waals surface area contributed by atoms with Gasteiger partial charge in [0.1, 0.15) is 12.4 Å². The number of nitrogens with zero attached hydrogens (tertiary/aromatic N) is 1. The van der Waals surface area contributed by atoms with Crippen LogP contribution in [0.5, 0.6) is 5.75 Å². The first-order valence-electron chi connectivity index (χ1n) is 13.0. The lowest BCUT2D eigenvalue weighted by molar-refractivity contribution is -0.137. The number of carbonyl (C=O) groups excluding carboxylic acids is 1. The number of benzene rings is 2. The van der Waals surface area contributed by atoms with E-state index in [9.17, 15) is 9.59 Å². The summed E-state index contributed by atoms with van der Waals surface area (Å²) in [5.41, 5.74) is 5.60. The summed E-state index contributed by atoms with van der Waals surface area (Å²) in [6, 6.07) is 14.5. The molecule has 1 fully saturated rings. The van der Waals surface area contributed by atoms with Crippen LogP contribution in [0.2, 0.25) is 0 Å². The third-order valence-corrected chi connectivity index (χ3v) is 7.45. The van der Waals surface area contributed by atoms with Crippen molar-refractivity contribution in [3.8, 4) is 17.0 Å². The van der Waals surface area contributed by atoms with Crippen molar-refractivity contribution in [2.45, 2.75) is 70.3 Å². The number of aromatic nitrogens is 1. The number of carbonyl (C=O) groups is 2. The van der Waals surface area contributed by atoms with Gasteiger partial charge in [-0.1, -0.05) is 43.9 Å². The van der Waals surface area contributed by atoms with Crippen LogP contribution in [-0.4, -0.2) is 34.7 Å². The minimum atomic E-state index is -0.769. The standard InChI is InChI=1S/C29H34N2O4/c32-26(33)13-5-2-8-16-30-29(34)21-14-15-22-24(19-21)31-17-18-35-25-12-7-6-11-23(25)28(31)27(22)20-9-3-1-4-10-20/h6-7,11-12,14-15,19-20H,1-5,8-10,13,16-18H2,(H,30,34)(H,32,33). The van der Waals surface area contributed by atoms with Crippen LogP contribution in [0.3, 0.4) is 0 Å². The van der Waals surface area contributed by atoms with Crippen molar-refractivity contribution in [1.29, 1.82) is 0 Å². The van der Waals surface area contributed by atoms with Gasteiger partial charge < -0.3 is 19.7 Å². The fourth-order valence-corrected chi connectivity index (χ4v) is 5.76. The van der Waals surface area contributed by atoms with E-state index in [0.29, 0.717) is 31.1 Å². The summed E-state index contributed by atoms with van der Waals surface area (Å²) in [5.74, 6) is 0.616. The Balaban J connectivity index is 1.46. The Kier molecular flexibility index (Phi) is 7.07. The maximum absolute atomic E-state index is 12.9. The smallest absolute Gasteiger partial charge is 0.303 e. The van der Waals surface area contributed by atoms with E-state index < -0.39 is 5.97 Å². The summed E-state index contributed by atoms with van der Waals surface area (Å²) in [4.78, 5) is 23.6. The van der Waals surface area contributed by atoms with Crippen LogP contribution in [0.25, 0.3) is 22.2 Å². The van der Waals surface area contributed by atoms with Crippen molar-refractivity contribution in [2.75, 3.05) is 13.2 Å². The number of para-hydroxylation sites is 1. The predicted octanol–water partition coefficient (Wildman–Crippen LogP) is 6.12. The fourth-order valence-electron chi connectivity index (χ4n) is 5.76. The van der Waals surface area contributed by atoms with Crippen LogP contribution < -0.4 is 10.1 Å². The highest BCUT2D eigenvalue weighted by molar-refractivity contribution is 6.01.